The van der Waals surface area contributed by atoms with Gasteiger partial charge in [-0.05, 0) is 85.9 Å². The van der Waals surface area contributed by atoms with E-state index in [2.05, 4.69) is 4.98 Å². The SMILES string of the molecule is CC(C)(C)OC(=O)C1C2Cc3cc(OCc4cc5c(cc4F)C(C)(C)CCN5c4ccccc4C(F)(F)F)ncc3C21. The number of halogens is 4. The molecule has 2 aliphatic carbocycles. The van der Waals surface area contributed by atoms with E-state index < -0.39 is 28.6 Å². The smallest absolute Gasteiger partial charge is 0.418 e. The van der Waals surface area contributed by atoms with Crippen molar-refractivity contribution in [1.29, 1.82) is 0 Å². The van der Waals surface area contributed by atoms with Gasteiger partial charge in [0.25, 0.3) is 0 Å². The van der Waals surface area contributed by atoms with Gasteiger partial charge in [0, 0.05) is 36.0 Å². The van der Waals surface area contributed by atoms with E-state index in [9.17, 15) is 18.0 Å². The predicted octanol–water partition coefficient (Wildman–Crippen LogP) is 7.87. The normalized spacial score (nSPS) is 22.2. The quantitative estimate of drug-likeness (QED) is 0.226. The molecule has 0 bridgehead atoms. The second kappa shape index (κ2) is 9.71. The monoisotopic (exact) mass is 582 g/mol. The molecule has 0 radical (unpaired) electrons. The number of hydrogen-bond donors (Lipinski definition) is 0. The lowest BCUT2D eigenvalue weighted by molar-refractivity contribution is -0.157. The fourth-order valence-electron chi connectivity index (χ4n) is 6.52. The number of rotatable bonds is 5. The fourth-order valence-corrected chi connectivity index (χ4v) is 6.52. The van der Waals surface area contributed by atoms with Crippen LogP contribution in [-0.4, -0.2) is 23.1 Å². The van der Waals surface area contributed by atoms with Gasteiger partial charge in [0.05, 0.1) is 17.2 Å². The van der Waals surface area contributed by atoms with Gasteiger partial charge < -0.3 is 14.4 Å². The average Bonchev–Trinajstić information content (AvgIpc) is 3.48. The Labute approximate surface area is 242 Å². The third-order valence-electron chi connectivity index (χ3n) is 8.68. The molecule has 2 heterocycles. The second-order valence-electron chi connectivity index (χ2n) is 13.2. The molecular formula is C33H34F4N2O3. The number of benzene rings is 2. The Balaban J connectivity index is 1.23. The lowest BCUT2D eigenvalue weighted by atomic mass is 9.77. The van der Waals surface area contributed by atoms with Crippen molar-refractivity contribution in [2.45, 2.75) is 77.2 Å². The molecule has 6 rings (SSSR count). The molecule has 9 heteroatoms. The minimum absolute atomic E-state index is 0.0452. The van der Waals surface area contributed by atoms with E-state index >= 15 is 4.39 Å². The van der Waals surface area contributed by atoms with Crippen LogP contribution in [0.1, 0.15) is 74.8 Å². The van der Waals surface area contributed by atoms with E-state index in [0.29, 0.717) is 30.1 Å². The van der Waals surface area contributed by atoms with Crippen molar-refractivity contribution in [1.82, 2.24) is 4.98 Å². The Morgan fingerprint density at radius 3 is 2.55 bits per heavy atom. The van der Waals surface area contributed by atoms with Crippen LogP contribution in [0, 0.1) is 17.7 Å². The van der Waals surface area contributed by atoms with Crippen molar-refractivity contribution >= 4 is 17.3 Å². The molecule has 2 aromatic carbocycles. The second-order valence-corrected chi connectivity index (χ2v) is 13.2. The number of anilines is 2. The summed E-state index contributed by atoms with van der Waals surface area (Å²) in [6.45, 7) is 9.74. The van der Waals surface area contributed by atoms with Crippen molar-refractivity contribution < 1.29 is 31.8 Å². The zero-order valence-electron chi connectivity index (χ0n) is 24.3. The van der Waals surface area contributed by atoms with Crippen LogP contribution in [0.4, 0.5) is 28.9 Å². The van der Waals surface area contributed by atoms with Gasteiger partial charge in [-0.15, -0.1) is 0 Å². The first-order valence-electron chi connectivity index (χ1n) is 14.3. The van der Waals surface area contributed by atoms with Gasteiger partial charge in [-0.3, -0.25) is 4.79 Å². The molecule has 1 aromatic heterocycles. The van der Waals surface area contributed by atoms with E-state index in [1.807, 2.05) is 40.7 Å². The highest BCUT2D eigenvalue weighted by molar-refractivity contribution is 5.80. The van der Waals surface area contributed by atoms with Gasteiger partial charge in [0.2, 0.25) is 5.88 Å². The van der Waals surface area contributed by atoms with E-state index in [-0.39, 0.29) is 41.6 Å². The topological polar surface area (TPSA) is 51.7 Å². The van der Waals surface area contributed by atoms with E-state index in [4.69, 9.17) is 9.47 Å². The standard InChI is InChI=1S/C33H34F4N2O3/c1-31(2,3)42-30(40)29-20-12-18-14-27(38-16-21(18)28(20)29)41-17-19-13-26-23(15-24(19)34)32(4,5)10-11-39(26)25-9-7-6-8-22(25)33(35,36)37/h6-9,13-16,20,28-29H,10-12,17H2,1-5H3. The van der Waals surface area contributed by atoms with Gasteiger partial charge in [-0.1, -0.05) is 26.0 Å². The summed E-state index contributed by atoms with van der Waals surface area (Å²) < 4.78 is 68.6. The first-order valence-corrected chi connectivity index (χ1v) is 14.3. The summed E-state index contributed by atoms with van der Waals surface area (Å²) in [6.07, 6.45) is -1.51. The minimum Gasteiger partial charge on any atom is -0.473 e. The molecule has 3 aliphatic rings. The summed E-state index contributed by atoms with van der Waals surface area (Å²) in [5.41, 5.74) is 1.86. The molecule has 222 valence electrons. The number of ether oxygens (including phenoxy) is 2. The number of esters is 1. The van der Waals surface area contributed by atoms with Crippen LogP contribution in [-0.2, 0) is 34.2 Å². The summed E-state index contributed by atoms with van der Waals surface area (Å²) in [6, 6.07) is 10.3. The molecule has 3 atom stereocenters. The number of alkyl halides is 3. The molecule has 3 aromatic rings. The Morgan fingerprint density at radius 2 is 1.83 bits per heavy atom. The number of pyridine rings is 1. The molecule has 0 spiro atoms. The lowest BCUT2D eigenvalue weighted by Crippen LogP contribution is -2.35. The predicted molar refractivity (Wildman–Crippen MR) is 150 cm³/mol. The maximum Gasteiger partial charge on any atom is 0.418 e. The van der Waals surface area contributed by atoms with Crippen molar-refractivity contribution in [2.75, 3.05) is 11.4 Å². The third kappa shape index (κ3) is 5.11. The molecule has 1 fully saturated rings. The van der Waals surface area contributed by atoms with Crippen molar-refractivity contribution in [3.8, 4) is 5.88 Å². The highest BCUT2D eigenvalue weighted by atomic mass is 19.4. The number of fused-ring (bicyclic) bond motifs is 4. The van der Waals surface area contributed by atoms with E-state index in [1.54, 1.807) is 23.2 Å². The molecule has 0 amide bonds. The molecule has 3 unspecified atom stereocenters. The van der Waals surface area contributed by atoms with E-state index in [1.165, 1.54) is 18.2 Å². The van der Waals surface area contributed by atoms with Crippen LogP contribution in [0.15, 0.2) is 48.7 Å². The highest BCUT2D eigenvalue weighted by Gasteiger charge is 2.61. The van der Waals surface area contributed by atoms with Gasteiger partial charge in [-0.25, -0.2) is 9.37 Å². The Bertz CT molecular complexity index is 1560. The highest BCUT2D eigenvalue weighted by Crippen LogP contribution is 2.62. The molecule has 0 N–H and O–H groups in total. The number of carbonyl (C=O) groups is 1. The summed E-state index contributed by atoms with van der Waals surface area (Å²) >= 11 is 0. The number of hydrogen-bond acceptors (Lipinski definition) is 5. The first kappa shape index (κ1) is 28.5. The van der Waals surface area contributed by atoms with Gasteiger partial charge in [0.1, 0.15) is 18.0 Å². The lowest BCUT2D eigenvalue weighted by Gasteiger charge is -2.41. The minimum atomic E-state index is -4.53. The fraction of sp³-hybridized carbons (Fsp3) is 0.455. The molecule has 5 nitrogen and oxygen atoms in total. The number of nitrogens with zero attached hydrogens (tertiary/aromatic N) is 2. The van der Waals surface area contributed by atoms with Crippen molar-refractivity contribution in [2.24, 2.45) is 11.8 Å². The Morgan fingerprint density at radius 1 is 1.10 bits per heavy atom. The van der Waals surface area contributed by atoms with Crippen LogP contribution in [0.3, 0.4) is 0 Å². The first-order chi connectivity index (χ1) is 19.6. The number of carbonyl (C=O) groups excluding carboxylic acids is 1. The van der Waals surface area contributed by atoms with Crippen LogP contribution in [0.5, 0.6) is 5.88 Å². The summed E-state index contributed by atoms with van der Waals surface area (Å²) in [5, 5.41) is 0. The molecule has 1 saturated carbocycles. The zero-order valence-corrected chi connectivity index (χ0v) is 24.3. The zero-order chi connectivity index (χ0) is 30.2. The number of para-hydroxylation sites is 1. The summed E-state index contributed by atoms with van der Waals surface area (Å²) in [4.78, 5) is 18.6. The van der Waals surface area contributed by atoms with Crippen molar-refractivity contribution in [3.63, 3.8) is 0 Å². The number of aromatic nitrogens is 1. The van der Waals surface area contributed by atoms with Crippen LogP contribution >= 0.6 is 0 Å². The Kier molecular flexibility index (Phi) is 6.59. The average molecular weight is 583 g/mol. The summed E-state index contributed by atoms with van der Waals surface area (Å²) in [7, 11) is 0. The third-order valence-corrected chi connectivity index (χ3v) is 8.68. The van der Waals surface area contributed by atoms with E-state index in [0.717, 1.165) is 23.6 Å². The molecule has 0 saturated heterocycles. The van der Waals surface area contributed by atoms with Gasteiger partial charge >= 0.3 is 12.1 Å². The van der Waals surface area contributed by atoms with Crippen molar-refractivity contribution in [3.05, 3.63) is 82.3 Å². The summed E-state index contributed by atoms with van der Waals surface area (Å²) in [5.74, 6) is -0.177. The maximum absolute atomic E-state index is 15.4. The van der Waals surface area contributed by atoms with Gasteiger partial charge in [0.15, 0.2) is 0 Å². The largest absolute Gasteiger partial charge is 0.473 e. The molecular weight excluding hydrogens is 548 g/mol. The maximum atomic E-state index is 15.4. The molecule has 42 heavy (non-hydrogen) atoms. The Hall–Kier alpha value is -3.62. The van der Waals surface area contributed by atoms with Crippen LogP contribution in [0.2, 0.25) is 0 Å². The molecule has 1 aliphatic heterocycles. The van der Waals surface area contributed by atoms with Gasteiger partial charge in [-0.2, -0.15) is 13.2 Å². The van der Waals surface area contributed by atoms with Crippen LogP contribution < -0.4 is 9.64 Å². The van der Waals surface area contributed by atoms with Crippen LogP contribution in [0.25, 0.3) is 0 Å².